The number of hydrogen-bond donors (Lipinski definition) is 0. The zero-order valence-corrected chi connectivity index (χ0v) is 15.7. The van der Waals surface area contributed by atoms with Gasteiger partial charge < -0.3 is 0 Å². The molecule has 0 atom stereocenters. The predicted octanol–water partition coefficient (Wildman–Crippen LogP) is 5.34. The predicted molar refractivity (Wildman–Crippen MR) is 101 cm³/mol. The maximum Gasteiger partial charge on any atom is 0.383 e. The van der Waals surface area contributed by atoms with E-state index in [2.05, 4.69) is 15.3 Å². The fourth-order valence-electron chi connectivity index (χ4n) is 2.45. The average Bonchev–Trinajstić information content (AvgIpc) is 3.20. The molecule has 9 heteroatoms. The van der Waals surface area contributed by atoms with Crippen LogP contribution in [0.15, 0.2) is 57.6 Å². The van der Waals surface area contributed by atoms with Crippen LogP contribution in [0.25, 0.3) is 6.08 Å². The lowest BCUT2D eigenvalue weighted by Crippen LogP contribution is -2.17. The molecule has 4 rings (SSSR count). The lowest BCUT2D eigenvalue weighted by Gasteiger charge is -2.17. The highest BCUT2D eigenvalue weighted by Gasteiger charge is 2.38. The number of thioether (sulfide) groups is 1. The molecule has 132 valence electrons. The summed E-state index contributed by atoms with van der Waals surface area (Å²) in [5.74, 6) is -0.693. The van der Waals surface area contributed by atoms with Crippen LogP contribution in [-0.4, -0.2) is 20.6 Å². The molecular formula is C17H11ClF2N4S2. The number of aromatic nitrogens is 3. The van der Waals surface area contributed by atoms with Crippen LogP contribution in [0.2, 0.25) is 0 Å². The van der Waals surface area contributed by atoms with Crippen molar-refractivity contribution < 1.29 is 8.78 Å². The normalized spacial score (nSPS) is 15.8. The van der Waals surface area contributed by atoms with Gasteiger partial charge in [0.05, 0.1) is 0 Å². The topological polar surface area (TPSA) is 43.1 Å². The average molecular weight is 409 g/mol. The quantitative estimate of drug-likeness (QED) is 0.550. The standard InChI is InChI=1S/C17H11ClF2N4S2/c1-10-7-8-12(25-10)9-13-14(11-5-3-2-4-6-11)23-24-15(17(18,19)20)21-22-16(24)26-13/h2-9H,1H3/b13-9-. The van der Waals surface area contributed by atoms with Gasteiger partial charge in [0.15, 0.2) is 0 Å². The monoisotopic (exact) mass is 408 g/mol. The van der Waals surface area contributed by atoms with Gasteiger partial charge in [-0.3, -0.25) is 0 Å². The third-order valence-electron chi connectivity index (χ3n) is 3.58. The molecule has 0 saturated heterocycles. The van der Waals surface area contributed by atoms with Gasteiger partial charge in [-0.15, -0.1) is 21.5 Å². The Kier molecular flexibility index (Phi) is 4.42. The minimum absolute atomic E-state index is 0.250. The van der Waals surface area contributed by atoms with Gasteiger partial charge in [0, 0.05) is 20.2 Å². The van der Waals surface area contributed by atoms with E-state index < -0.39 is 11.2 Å². The van der Waals surface area contributed by atoms with Gasteiger partial charge in [-0.05, 0) is 48.5 Å². The van der Waals surface area contributed by atoms with Crippen molar-refractivity contribution in [3.8, 4) is 0 Å². The molecule has 1 aliphatic rings. The highest BCUT2D eigenvalue weighted by molar-refractivity contribution is 8.04. The number of allylic oxidation sites excluding steroid dienone is 1. The Bertz CT molecular complexity index is 1020. The number of aryl methyl sites for hydroxylation is 1. The van der Waals surface area contributed by atoms with Crippen LogP contribution in [0.5, 0.6) is 0 Å². The van der Waals surface area contributed by atoms with E-state index in [1.807, 2.05) is 55.5 Å². The molecule has 3 heterocycles. The summed E-state index contributed by atoms with van der Waals surface area (Å²) in [5, 5.41) is 8.32. The van der Waals surface area contributed by atoms with E-state index in [0.717, 1.165) is 20.0 Å². The van der Waals surface area contributed by atoms with Crippen LogP contribution in [0.4, 0.5) is 8.78 Å². The maximum absolute atomic E-state index is 13.6. The molecule has 0 unspecified atom stereocenters. The Labute approximate surface area is 161 Å². The van der Waals surface area contributed by atoms with E-state index in [9.17, 15) is 8.78 Å². The summed E-state index contributed by atoms with van der Waals surface area (Å²) in [7, 11) is 0. The smallest absolute Gasteiger partial charge is 0.183 e. The summed E-state index contributed by atoms with van der Waals surface area (Å²) in [6, 6.07) is 13.4. The van der Waals surface area contributed by atoms with Crippen LogP contribution in [0.3, 0.4) is 0 Å². The van der Waals surface area contributed by atoms with Crippen molar-refractivity contribution in [1.82, 2.24) is 14.9 Å². The molecule has 1 aromatic carbocycles. The molecule has 0 radical (unpaired) electrons. The van der Waals surface area contributed by atoms with Crippen molar-refractivity contribution in [3.05, 3.63) is 68.5 Å². The van der Waals surface area contributed by atoms with E-state index in [0.29, 0.717) is 5.71 Å². The fraction of sp³-hybridized carbons (Fsp3) is 0.118. The lowest BCUT2D eigenvalue weighted by molar-refractivity contribution is 0.0799. The second-order valence-corrected chi connectivity index (χ2v) is 8.29. The first kappa shape index (κ1) is 17.4. The third kappa shape index (κ3) is 3.32. The van der Waals surface area contributed by atoms with E-state index in [1.54, 1.807) is 11.3 Å². The molecule has 2 aromatic heterocycles. The zero-order valence-electron chi connectivity index (χ0n) is 13.4. The van der Waals surface area contributed by atoms with Crippen molar-refractivity contribution in [2.24, 2.45) is 5.10 Å². The van der Waals surface area contributed by atoms with Gasteiger partial charge in [0.1, 0.15) is 5.71 Å². The number of fused-ring (bicyclic) bond motifs is 1. The number of halogens is 3. The molecule has 0 fully saturated rings. The van der Waals surface area contributed by atoms with Gasteiger partial charge >= 0.3 is 5.38 Å². The molecule has 0 N–H and O–H groups in total. The number of benzene rings is 1. The van der Waals surface area contributed by atoms with Gasteiger partial charge in [0.25, 0.3) is 0 Å². The molecule has 3 aromatic rings. The van der Waals surface area contributed by atoms with Gasteiger partial charge in [-0.25, -0.2) is 0 Å². The summed E-state index contributed by atoms with van der Waals surface area (Å²) in [4.78, 5) is 3.04. The third-order valence-corrected chi connectivity index (χ3v) is 5.67. The van der Waals surface area contributed by atoms with E-state index >= 15 is 0 Å². The Balaban J connectivity index is 1.88. The fourth-order valence-corrected chi connectivity index (χ4v) is 4.39. The molecule has 0 amide bonds. The SMILES string of the molecule is Cc1ccc(/C=C2\Sc3nnc(C(F)(F)Cl)n3N=C2c2ccccc2)s1. The van der Waals surface area contributed by atoms with E-state index in [4.69, 9.17) is 11.6 Å². The van der Waals surface area contributed by atoms with Crippen LogP contribution in [0.1, 0.15) is 21.1 Å². The van der Waals surface area contributed by atoms with Crippen molar-refractivity contribution in [2.75, 3.05) is 0 Å². The molecular weight excluding hydrogens is 398 g/mol. The zero-order chi connectivity index (χ0) is 18.3. The highest BCUT2D eigenvalue weighted by Crippen LogP contribution is 2.39. The van der Waals surface area contributed by atoms with Crippen LogP contribution < -0.4 is 0 Å². The van der Waals surface area contributed by atoms with Crippen molar-refractivity contribution >= 4 is 46.5 Å². The van der Waals surface area contributed by atoms with Gasteiger partial charge in [-0.1, -0.05) is 30.3 Å². The molecule has 0 aliphatic carbocycles. The molecule has 4 nitrogen and oxygen atoms in total. The number of alkyl halides is 3. The largest absolute Gasteiger partial charge is 0.383 e. The number of nitrogens with zero attached hydrogens (tertiary/aromatic N) is 4. The van der Waals surface area contributed by atoms with Crippen LogP contribution in [0, 0.1) is 6.92 Å². The minimum Gasteiger partial charge on any atom is -0.183 e. The van der Waals surface area contributed by atoms with E-state index in [-0.39, 0.29) is 5.16 Å². The summed E-state index contributed by atoms with van der Waals surface area (Å²) in [6.45, 7) is 2.03. The Morgan fingerprint density at radius 1 is 1.12 bits per heavy atom. The second-order valence-electron chi connectivity index (χ2n) is 5.49. The molecule has 0 saturated carbocycles. The van der Waals surface area contributed by atoms with Gasteiger partial charge in [0.2, 0.25) is 11.0 Å². The van der Waals surface area contributed by atoms with E-state index in [1.165, 1.54) is 16.6 Å². The minimum atomic E-state index is -3.65. The second kappa shape index (κ2) is 6.61. The van der Waals surface area contributed by atoms with Crippen molar-refractivity contribution in [2.45, 2.75) is 17.5 Å². The number of thiophene rings is 1. The maximum atomic E-state index is 13.6. The summed E-state index contributed by atoms with van der Waals surface area (Å²) < 4.78 is 28.2. The Morgan fingerprint density at radius 3 is 2.54 bits per heavy atom. The van der Waals surface area contributed by atoms with Crippen molar-refractivity contribution in [3.63, 3.8) is 0 Å². The molecule has 1 aliphatic heterocycles. The molecule has 0 spiro atoms. The lowest BCUT2D eigenvalue weighted by atomic mass is 10.1. The summed E-state index contributed by atoms with van der Waals surface area (Å²) in [6.07, 6.45) is 1.98. The summed E-state index contributed by atoms with van der Waals surface area (Å²) >= 11 is 8.03. The van der Waals surface area contributed by atoms with Gasteiger partial charge in [-0.2, -0.15) is 18.6 Å². The first-order valence-corrected chi connectivity index (χ1v) is 9.56. The first-order chi connectivity index (χ1) is 12.4. The Morgan fingerprint density at radius 2 is 1.88 bits per heavy atom. The Hall–Kier alpha value is -2.03. The highest BCUT2D eigenvalue weighted by atomic mass is 35.5. The van der Waals surface area contributed by atoms with Crippen molar-refractivity contribution in [1.29, 1.82) is 0 Å². The van der Waals surface area contributed by atoms with Crippen LogP contribution in [-0.2, 0) is 5.38 Å². The number of hydrogen-bond acceptors (Lipinski definition) is 5. The first-order valence-electron chi connectivity index (χ1n) is 7.55. The molecule has 26 heavy (non-hydrogen) atoms. The molecule has 0 bridgehead atoms. The summed E-state index contributed by atoms with van der Waals surface area (Å²) in [5.41, 5.74) is 1.37. The number of rotatable bonds is 3. The van der Waals surface area contributed by atoms with Crippen LogP contribution >= 0.6 is 34.7 Å².